The molecular weight excluding hydrogens is 274 g/mol. The molecule has 1 amide bonds. The van der Waals surface area contributed by atoms with Crippen molar-refractivity contribution in [1.29, 1.82) is 0 Å². The monoisotopic (exact) mass is 290 g/mol. The van der Waals surface area contributed by atoms with Gasteiger partial charge >= 0.3 is 0 Å². The van der Waals surface area contributed by atoms with Gasteiger partial charge in [0.1, 0.15) is 0 Å². The molecule has 2 rings (SSSR count). The molecule has 0 spiro atoms. The number of hydrogen-bond donors (Lipinski definition) is 2. The molecule has 0 radical (unpaired) electrons. The van der Waals surface area contributed by atoms with Gasteiger partial charge in [0.05, 0.1) is 0 Å². The molecule has 1 fully saturated rings. The smallest absolute Gasteiger partial charge is 0.251 e. The van der Waals surface area contributed by atoms with E-state index in [9.17, 15) is 13.6 Å². The molecule has 6 heteroatoms. The van der Waals surface area contributed by atoms with Gasteiger partial charge in [0.25, 0.3) is 5.91 Å². The van der Waals surface area contributed by atoms with Crippen LogP contribution in [0.5, 0.6) is 0 Å². The van der Waals surface area contributed by atoms with Crippen LogP contribution in [0.2, 0.25) is 0 Å². The van der Waals surface area contributed by atoms with Gasteiger partial charge in [0, 0.05) is 17.6 Å². The van der Waals surface area contributed by atoms with E-state index in [1.807, 2.05) is 0 Å². The number of amides is 1. The SMILES string of the molecule is CC1CC(NC(=O)c2ccc(F)c(F)c2)CCN1.Cl. The van der Waals surface area contributed by atoms with Crippen molar-refractivity contribution in [1.82, 2.24) is 10.6 Å². The van der Waals surface area contributed by atoms with Crippen molar-refractivity contribution in [3.05, 3.63) is 35.4 Å². The third kappa shape index (κ3) is 4.14. The molecule has 2 atom stereocenters. The third-order valence-corrected chi connectivity index (χ3v) is 3.14. The zero-order chi connectivity index (χ0) is 13.1. The molecule has 1 aromatic carbocycles. The first kappa shape index (κ1) is 15.9. The highest BCUT2D eigenvalue weighted by Gasteiger charge is 2.20. The van der Waals surface area contributed by atoms with E-state index in [1.54, 1.807) is 0 Å². The Balaban J connectivity index is 0.00000180. The number of piperidine rings is 1. The van der Waals surface area contributed by atoms with Gasteiger partial charge in [0.2, 0.25) is 0 Å². The predicted octanol–water partition coefficient (Wildman–Crippen LogP) is 2.26. The molecule has 3 nitrogen and oxygen atoms in total. The fourth-order valence-electron chi connectivity index (χ4n) is 2.17. The lowest BCUT2D eigenvalue weighted by Crippen LogP contribution is -2.46. The van der Waals surface area contributed by atoms with Crippen LogP contribution in [0, 0.1) is 11.6 Å². The van der Waals surface area contributed by atoms with Crippen molar-refractivity contribution in [2.75, 3.05) is 6.54 Å². The largest absolute Gasteiger partial charge is 0.349 e. The van der Waals surface area contributed by atoms with E-state index in [4.69, 9.17) is 0 Å². The van der Waals surface area contributed by atoms with Crippen LogP contribution < -0.4 is 10.6 Å². The molecule has 1 saturated heterocycles. The maximum atomic E-state index is 13.0. The molecular formula is C13H17ClF2N2O. The third-order valence-electron chi connectivity index (χ3n) is 3.14. The highest BCUT2D eigenvalue weighted by atomic mass is 35.5. The normalized spacial score (nSPS) is 22.5. The molecule has 19 heavy (non-hydrogen) atoms. The van der Waals surface area contributed by atoms with Crippen LogP contribution in [0.3, 0.4) is 0 Å². The van der Waals surface area contributed by atoms with Crippen molar-refractivity contribution in [2.24, 2.45) is 0 Å². The first-order chi connectivity index (χ1) is 8.56. The summed E-state index contributed by atoms with van der Waals surface area (Å²) in [4.78, 5) is 11.9. The van der Waals surface area contributed by atoms with E-state index in [-0.39, 0.29) is 29.9 Å². The average Bonchev–Trinajstić information content (AvgIpc) is 2.32. The van der Waals surface area contributed by atoms with Crippen molar-refractivity contribution in [3.63, 3.8) is 0 Å². The summed E-state index contributed by atoms with van der Waals surface area (Å²) in [7, 11) is 0. The Kier molecular flexibility index (Phi) is 5.69. The molecule has 0 bridgehead atoms. The van der Waals surface area contributed by atoms with E-state index >= 15 is 0 Å². The molecule has 1 aromatic rings. The fraction of sp³-hybridized carbons (Fsp3) is 0.462. The zero-order valence-corrected chi connectivity index (χ0v) is 11.4. The Morgan fingerprint density at radius 1 is 1.37 bits per heavy atom. The van der Waals surface area contributed by atoms with Crippen LogP contribution in [0.15, 0.2) is 18.2 Å². The van der Waals surface area contributed by atoms with Crippen LogP contribution >= 0.6 is 12.4 Å². The lowest BCUT2D eigenvalue weighted by Gasteiger charge is -2.28. The quantitative estimate of drug-likeness (QED) is 0.877. The number of benzene rings is 1. The predicted molar refractivity (Wildman–Crippen MR) is 71.6 cm³/mol. The van der Waals surface area contributed by atoms with Crippen LogP contribution in [0.1, 0.15) is 30.1 Å². The topological polar surface area (TPSA) is 41.1 Å². The van der Waals surface area contributed by atoms with E-state index in [0.29, 0.717) is 6.04 Å². The summed E-state index contributed by atoms with van der Waals surface area (Å²) in [6, 6.07) is 3.62. The molecule has 1 aliphatic heterocycles. The Bertz CT molecular complexity index is 456. The molecule has 2 N–H and O–H groups in total. The second kappa shape index (κ2) is 6.82. The molecule has 106 valence electrons. The van der Waals surface area contributed by atoms with Crippen LogP contribution in [0.25, 0.3) is 0 Å². The summed E-state index contributed by atoms with van der Waals surface area (Å²) in [5, 5.41) is 6.12. The lowest BCUT2D eigenvalue weighted by atomic mass is 10.0. The van der Waals surface area contributed by atoms with Gasteiger partial charge in [-0.3, -0.25) is 4.79 Å². The van der Waals surface area contributed by atoms with E-state index in [2.05, 4.69) is 17.6 Å². The van der Waals surface area contributed by atoms with Crippen LogP contribution in [0.4, 0.5) is 8.78 Å². The molecule has 2 unspecified atom stereocenters. The fourth-order valence-corrected chi connectivity index (χ4v) is 2.17. The number of hydrogen-bond acceptors (Lipinski definition) is 2. The Morgan fingerprint density at radius 2 is 2.11 bits per heavy atom. The van der Waals surface area contributed by atoms with E-state index < -0.39 is 11.6 Å². The summed E-state index contributed by atoms with van der Waals surface area (Å²) in [6.07, 6.45) is 1.69. The number of carbonyl (C=O) groups excluding carboxylic acids is 1. The number of rotatable bonds is 2. The summed E-state index contributed by atoms with van der Waals surface area (Å²) in [5.41, 5.74) is 0.153. The minimum Gasteiger partial charge on any atom is -0.349 e. The number of halogens is 3. The van der Waals surface area contributed by atoms with Crippen molar-refractivity contribution in [2.45, 2.75) is 31.8 Å². The van der Waals surface area contributed by atoms with Crippen molar-refractivity contribution in [3.8, 4) is 0 Å². The van der Waals surface area contributed by atoms with Gasteiger partial charge in [-0.05, 0) is 44.5 Å². The maximum absolute atomic E-state index is 13.0. The Hall–Kier alpha value is -1.20. The summed E-state index contributed by atoms with van der Waals surface area (Å²) in [5.74, 6) is -2.30. The number of nitrogens with one attached hydrogen (secondary N) is 2. The molecule has 1 heterocycles. The van der Waals surface area contributed by atoms with Gasteiger partial charge in [-0.15, -0.1) is 12.4 Å². The zero-order valence-electron chi connectivity index (χ0n) is 10.6. The van der Waals surface area contributed by atoms with Gasteiger partial charge in [-0.1, -0.05) is 0 Å². The van der Waals surface area contributed by atoms with Crippen molar-refractivity contribution >= 4 is 18.3 Å². The Morgan fingerprint density at radius 3 is 2.74 bits per heavy atom. The summed E-state index contributed by atoms with van der Waals surface area (Å²) >= 11 is 0. The highest BCUT2D eigenvalue weighted by Crippen LogP contribution is 2.11. The maximum Gasteiger partial charge on any atom is 0.251 e. The van der Waals surface area contributed by atoms with Gasteiger partial charge < -0.3 is 10.6 Å². The first-order valence-corrected chi connectivity index (χ1v) is 6.05. The minimum atomic E-state index is -0.999. The molecule has 0 aromatic heterocycles. The standard InChI is InChI=1S/C13H16F2N2O.ClH/c1-8-6-10(4-5-16-8)17-13(18)9-2-3-11(14)12(15)7-9;/h2-3,7-8,10,16H,4-6H2,1H3,(H,17,18);1H. The van der Waals surface area contributed by atoms with E-state index in [0.717, 1.165) is 31.5 Å². The Labute approximate surface area is 117 Å². The average molecular weight is 291 g/mol. The lowest BCUT2D eigenvalue weighted by molar-refractivity contribution is 0.0925. The van der Waals surface area contributed by atoms with Gasteiger partial charge in [-0.2, -0.15) is 0 Å². The molecule has 1 aliphatic rings. The molecule has 0 saturated carbocycles. The second-order valence-corrected chi connectivity index (χ2v) is 4.68. The highest BCUT2D eigenvalue weighted by molar-refractivity contribution is 5.94. The second-order valence-electron chi connectivity index (χ2n) is 4.68. The van der Waals surface area contributed by atoms with E-state index in [1.165, 1.54) is 6.07 Å². The summed E-state index contributed by atoms with van der Waals surface area (Å²) < 4.78 is 25.8. The summed E-state index contributed by atoms with van der Waals surface area (Å²) in [6.45, 7) is 2.90. The van der Waals surface area contributed by atoms with Crippen LogP contribution in [-0.4, -0.2) is 24.5 Å². The minimum absolute atomic E-state index is 0. The van der Waals surface area contributed by atoms with Crippen LogP contribution in [-0.2, 0) is 0 Å². The molecule has 0 aliphatic carbocycles. The van der Waals surface area contributed by atoms with Gasteiger partial charge in [-0.25, -0.2) is 8.78 Å². The first-order valence-electron chi connectivity index (χ1n) is 6.05. The number of carbonyl (C=O) groups is 1. The van der Waals surface area contributed by atoms with Gasteiger partial charge in [0.15, 0.2) is 11.6 Å². The van der Waals surface area contributed by atoms with Crippen molar-refractivity contribution < 1.29 is 13.6 Å².